The molecule has 19 heavy (non-hydrogen) atoms. The number of likely N-dealkylation sites (N-methyl/N-ethyl adjacent to an activating group) is 1. The van der Waals surface area contributed by atoms with Crippen molar-refractivity contribution in [2.75, 3.05) is 7.05 Å². The maximum atomic E-state index is 6.45. The first-order valence-corrected chi connectivity index (χ1v) is 8.54. The van der Waals surface area contributed by atoms with Crippen LogP contribution >= 0.6 is 11.3 Å². The minimum Gasteiger partial charge on any atom is -0.326 e. The van der Waals surface area contributed by atoms with Gasteiger partial charge < -0.3 is 5.73 Å². The Labute approximate surface area is 122 Å². The summed E-state index contributed by atoms with van der Waals surface area (Å²) in [6.07, 6.45) is 7.90. The number of rotatable bonds is 5. The van der Waals surface area contributed by atoms with Crippen LogP contribution in [0.2, 0.25) is 0 Å². The van der Waals surface area contributed by atoms with Crippen molar-refractivity contribution in [3.8, 4) is 0 Å². The van der Waals surface area contributed by atoms with Crippen LogP contribution < -0.4 is 5.73 Å². The molecule has 2 unspecified atom stereocenters. The van der Waals surface area contributed by atoms with Crippen molar-refractivity contribution in [2.24, 2.45) is 5.73 Å². The Hall–Kier alpha value is -0.380. The second-order valence-corrected chi connectivity index (χ2v) is 6.89. The zero-order chi connectivity index (χ0) is 13.8. The minimum atomic E-state index is 0.240. The van der Waals surface area contributed by atoms with Gasteiger partial charge in [0.1, 0.15) is 0 Å². The van der Waals surface area contributed by atoms with Crippen LogP contribution in [-0.2, 0) is 0 Å². The molecule has 108 valence electrons. The van der Waals surface area contributed by atoms with Crippen molar-refractivity contribution in [2.45, 2.75) is 70.5 Å². The number of nitrogens with two attached hydrogens (primary N) is 1. The first-order chi connectivity index (χ1) is 9.15. The van der Waals surface area contributed by atoms with Crippen LogP contribution in [0.1, 0.15) is 61.9 Å². The monoisotopic (exact) mass is 280 g/mol. The van der Waals surface area contributed by atoms with E-state index in [0.29, 0.717) is 6.04 Å². The molecule has 0 saturated heterocycles. The van der Waals surface area contributed by atoms with E-state index in [2.05, 4.69) is 37.2 Å². The molecule has 0 aliphatic heterocycles. The van der Waals surface area contributed by atoms with Crippen LogP contribution in [0.15, 0.2) is 11.4 Å². The van der Waals surface area contributed by atoms with Gasteiger partial charge in [-0.15, -0.1) is 11.3 Å². The van der Waals surface area contributed by atoms with Crippen LogP contribution in [0.25, 0.3) is 0 Å². The number of aryl methyl sites for hydroxylation is 1. The Balaban J connectivity index is 2.19. The SMILES string of the molecule is CCC(N)C(c1sccc1C)N(C)C1CCCCC1. The second kappa shape index (κ2) is 6.87. The lowest BCUT2D eigenvalue weighted by atomic mass is 9.91. The Morgan fingerprint density at radius 1 is 1.37 bits per heavy atom. The van der Waals surface area contributed by atoms with Crippen molar-refractivity contribution in [1.29, 1.82) is 0 Å². The second-order valence-electron chi connectivity index (χ2n) is 5.94. The van der Waals surface area contributed by atoms with E-state index in [9.17, 15) is 0 Å². The lowest BCUT2D eigenvalue weighted by Crippen LogP contribution is -2.44. The Morgan fingerprint density at radius 2 is 2.05 bits per heavy atom. The molecule has 2 nitrogen and oxygen atoms in total. The van der Waals surface area contributed by atoms with E-state index in [-0.39, 0.29) is 6.04 Å². The van der Waals surface area contributed by atoms with Crippen LogP contribution in [0, 0.1) is 6.92 Å². The fraction of sp³-hybridized carbons (Fsp3) is 0.750. The standard InChI is InChI=1S/C16H28N2S/c1-4-14(17)15(16-12(2)10-11-19-16)18(3)13-8-6-5-7-9-13/h10-11,13-15H,4-9,17H2,1-3H3. The average molecular weight is 280 g/mol. The van der Waals surface area contributed by atoms with Crippen LogP contribution in [0.3, 0.4) is 0 Å². The summed E-state index contributed by atoms with van der Waals surface area (Å²) in [4.78, 5) is 4.05. The first-order valence-electron chi connectivity index (χ1n) is 7.66. The lowest BCUT2D eigenvalue weighted by molar-refractivity contribution is 0.120. The maximum Gasteiger partial charge on any atom is 0.0595 e. The molecule has 0 aromatic carbocycles. The summed E-state index contributed by atoms with van der Waals surface area (Å²) in [5.41, 5.74) is 7.85. The molecule has 1 saturated carbocycles. The van der Waals surface area contributed by atoms with Gasteiger partial charge in [-0.1, -0.05) is 26.2 Å². The Kier molecular flexibility index (Phi) is 5.43. The fourth-order valence-electron chi connectivity index (χ4n) is 3.31. The minimum absolute atomic E-state index is 0.240. The van der Waals surface area contributed by atoms with E-state index in [1.807, 2.05) is 11.3 Å². The van der Waals surface area contributed by atoms with Gasteiger partial charge in [0.25, 0.3) is 0 Å². The summed E-state index contributed by atoms with van der Waals surface area (Å²) >= 11 is 1.87. The molecule has 2 atom stereocenters. The first kappa shape index (κ1) is 15.0. The third kappa shape index (κ3) is 3.39. The number of hydrogen-bond acceptors (Lipinski definition) is 3. The number of thiophene rings is 1. The fourth-order valence-corrected chi connectivity index (χ4v) is 4.46. The molecule has 1 aromatic heterocycles. The quantitative estimate of drug-likeness (QED) is 0.880. The molecular weight excluding hydrogens is 252 g/mol. The highest BCUT2D eigenvalue weighted by molar-refractivity contribution is 7.10. The molecule has 1 fully saturated rings. The topological polar surface area (TPSA) is 29.3 Å². The maximum absolute atomic E-state index is 6.45. The van der Waals surface area contributed by atoms with Crippen molar-refractivity contribution < 1.29 is 0 Å². The van der Waals surface area contributed by atoms with Gasteiger partial charge in [-0.2, -0.15) is 0 Å². The molecule has 2 rings (SSSR count). The zero-order valence-corrected chi connectivity index (χ0v) is 13.4. The highest BCUT2D eigenvalue weighted by atomic mass is 32.1. The van der Waals surface area contributed by atoms with Crippen molar-refractivity contribution in [1.82, 2.24) is 4.90 Å². The molecular formula is C16H28N2S. The van der Waals surface area contributed by atoms with Gasteiger partial charge in [-0.25, -0.2) is 0 Å². The predicted octanol–water partition coefficient (Wildman–Crippen LogP) is 4.10. The summed E-state index contributed by atoms with van der Waals surface area (Å²) in [7, 11) is 2.29. The lowest BCUT2D eigenvalue weighted by Gasteiger charge is -2.39. The summed E-state index contributed by atoms with van der Waals surface area (Å²) in [6, 6.07) is 3.58. The summed E-state index contributed by atoms with van der Waals surface area (Å²) in [6.45, 7) is 4.42. The van der Waals surface area contributed by atoms with Crippen molar-refractivity contribution >= 4 is 11.3 Å². The third-order valence-corrected chi connectivity index (χ3v) is 5.73. The smallest absolute Gasteiger partial charge is 0.0595 e. The molecule has 1 aromatic rings. The van der Waals surface area contributed by atoms with Crippen LogP contribution in [0.5, 0.6) is 0 Å². The van der Waals surface area contributed by atoms with Crippen molar-refractivity contribution in [3.63, 3.8) is 0 Å². The molecule has 0 radical (unpaired) electrons. The molecule has 1 heterocycles. The van der Waals surface area contributed by atoms with Crippen LogP contribution in [0.4, 0.5) is 0 Å². The van der Waals surface area contributed by atoms with Gasteiger partial charge in [0.2, 0.25) is 0 Å². The molecule has 3 heteroatoms. The van der Waals surface area contributed by atoms with Crippen molar-refractivity contribution in [3.05, 3.63) is 21.9 Å². The molecule has 0 spiro atoms. The van der Waals surface area contributed by atoms with Gasteiger partial charge in [0.05, 0.1) is 6.04 Å². The highest BCUT2D eigenvalue weighted by Crippen LogP contribution is 2.35. The van der Waals surface area contributed by atoms with Gasteiger partial charge in [0, 0.05) is 17.0 Å². The van der Waals surface area contributed by atoms with Gasteiger partial charge in [-0.05, 0) is 50.2 Å². The number of nitrogens with zero attached hydrogens (tertiary/aromatic N) is 1. The molecule has 2 N–H and O–H groups in total. The van der Waals surface area contributed by atoms with E-state index in [0.717, 1.165) is 12.5 Å². The predicted molar refractivity (Wildman–Crippen MR) is 84.7 cm³/mol. The van der Waals surface area contributed by atoms with E-state index < -0.39 is 0 Å². The third-order valence-electron chi connectivity index (χ3n) is 4.64. The molecule has 0 amide bonds. The van der Waals surface area contributed by atoms with Crippen LogP contribution in [-0.4, -0.2) is 24.0 Å². The van der Waals surface area contributed by atoms with E-state index in [1.54, 1.807) is 0 Å². The van der Waals surface area contributed by atoms with Gasteiger partial charge in [-0.3, -0.25) is 4.90 Å². The van der Waals surface area contributed by atoms with E-state index in [4.69, 9.17) is 5.73 Å². The van der Waals surface area contributed by atoms with Gasteiger partial charge in [0.15, 0.2) is 0 Å². The Morgan fingerprint density at radius 3 is 2.58 bits per heavy atom. The molecule has 1 aliphatic rings. The highest BCUT2D eigenvalue weighted by Gasteiger charge is 2.30. The summed E-state index contributed by atoms with van der Waals surface area (Å²) in [5, 5.41) is 2.20. The van der Waals surface area contributed by atoms with E-state index >= 15 is 0 Å². The number of hydrogen-bond donors (Lipinski definition) is 1. The van der Waals surface area contributed by atoms with Gasteiger partial charge >= 0.3 is 0 Å². The summed E-state index contributed by atoms with van der Waals surface area (Å²) in [5.74, 6) is 0. The largest absolute Gasteiger partial charge is 0.326 e. The molecule has 1 aliphatic carbocycles. The summed E-state index contributed by atoms with van der Waals surface area (Å²) < 4.78 is 0. The molecule has 0 bridgehead atoms. The Bertz CT molecular complexity index is 382. The normalized spacial score (nSPS) is 20.7. The zero-order valence-electron chi connectivity index (χ0n) is 12.6. The van der Waals surface area contributed by atoms with E-state index in [1.165, 1.54) is 42.5 Å². The average Bonchev–Trinajstić information content (AvgIpc) is 2.86.